The SMILES string of the molecule is CC(=O)n1ncc2cc(-c3cc(=O)n4nc(-c5ccccn5)nc4[nH]3)ccc21. The molecular formula is C19H13N7O2. The van der Waals surface area contributed by atoms with E-state index >= 15 is 0 Å². The van der Waals surface area contributed by atoms with Crippen LogP contribution in [0.2, 0.25) is 0 Å². The number of carbonyl (C=O) groups is 1. The number of H-pyrrole nitrogens is 1. The predicted octanol–water partition coefficient (Wildman–Crippen LogP) is 2.16. The van der Waals surface area contributed by atoms with Gasteiger partial charge in [-0.25, -0.2) is 4.68 Å². The van der Waals surface area contributed by atoms with Gasteiger partial charge in [0.15, 0.2) is 0 Å². The van der Waals surface area contributed by atoms with Gasteiger partial charge in [0.05, 0.1) is 17.4 Å². The van der Waals surface area contributed by atoms with Crippen molar-refractivity contribution in [3.8, 4) is 22.8 Å². The van der Waals surface area contributed by atoms with Gasteiger partial charge in [-0.3, -0.25) is 14.6 Å². The second-order valence-corrected chi connectivity index (χ2v) is 6.26. The summed E-state index contributed by atoms with van der Waals surface area (Å²) in [6.07, 6.45) is 3.26. The van der Waals surface area contributed by atoms with Gasteiger partial charge in [-0.2, -0.15) is 14.6 Å². The summed E-state index contributed by atoms with van der Waals surface area (Å²) in [6.45, 7) is 1.45. The molecule has 1 N–H and O–H groups in total. The Hall–Kier alpha value is -4.14. The standard InChI is InChI=1S/C19H13N7O2/c1-11(27)25-16-6-5-12(8-13(16)10-21-25)15-9-17(28)26-19(22-15)23-18(24-26)14-4-2-3-7-20-14/h2-10H,1H3,(H,22,23,24). The van der Waals surface area contributed by atoms with Crippen LogP contribution in [0.3, 0.4) is 0 Å². The van der Waals surface area contributed by atoms with Crippen LogP contribution < -0.4 is 5.56 Å². The molecule has 0 radical (unpaired) electrons. The van der Waals surface area contributed by atoms with Crippen molar-refractivity contribution >= 4 is 22.6 Å². The molecule has 0 saturated heterocycles. The lowest BCUT2D eigenvalue weighted by atomic mass is 10.1. The molecule has 4 aromatic heterocycles. The molecule has 0 amide bonds. The number of pyridine rings is 1. The van der Waals surface area contributed by atoms with Crippen LogP contribution >= 0.6 is 0 Å². The first kappa shape index (κ1) is 16.1. The highest BCUT2D eigenvalue weighted by Crippen LogP contribution is 2.23. The van der Waals surface area contributed by atoms with Crippen molar-refractivity contribution < 1.29 is 4.79 Å². The molecular weight excluding hydrogens is 358 g/mol. The van der Waals surface area contributed by atoms with E-state index in [1.54, 1.807) is 30.6 Å². The highest BCUT2D eigenvalue weighted by Gasteiger charge is 2.13. The van der Waals surface area contributed by atoms with Gasteiger partial charge in [-0.15, -0.1) is 5.10 Å². The monoisotopic (exact) mass is 371 g/mol. The minimum Gasteiger partial charge on any atom is -0.323 e. The van der Waals surface area contributed by atoms with E-state index in [-0.39, 0.29) is 11.5 Å². The Labute approximate surface area is 157 Å². The van der Waals surface area contributed by atoms with Crippen LogP contribution in [0.15, 0.2) is 59.7 Å². The fourth-order valence-corrected chi connectivity index (χ4v) is 3.10. The number of fused-ring (bicyclic) bond motifs is 2. The molecule has 136 valence electrons. The predicted molar refractivity (Wildman–Crippen MR) is 102 cm³/mol. The van der Waals surface area contributed by atoms with Crippen LogP contribution in [0.4, 0.5) is 0 Å². The lowest BCUT2D eigenvalue weighted by Crippen LogP contribution is -2.14. The molecule has 0 atom stereocenters. The Morgan fingerprint density at radius 1 is 1.14 bits per heavy atom. The fourth-order valence-electron chi connectivity index (χ4n) is 3.10. The minimum absolute atomic E-state index is 0.164. The van der Waals surface area contributed by atoms with Crippen molar-refractivity contribution in [1.82, 2.24) is 34.3 Å². The topological polar surface area (TPSA) is 111 Å². The third kappa shape index (κ3) is 2.49. The van der Waals surface area contributed by atoms with Crippen molar-refractivity contribution in [2.75, 3.05) is 0 Å². The maximum atomic E-state index is 12.5. The highest BCUT2D eigenvalue weighted by molar-refractivity contribution is 5.91. The summed E-state index contributed by atoms with van der Waals surface area (Å²) in [4.78, 5) is 35.9. The summed E-state index contributed by atoms with van der Waals surface area (Å²) < 4.78 is 2.54. The number of hydrogen-bond acceptors (Lipinski definition) is 6. The van der Waals surface area contributed by atoms with E-state index in [0.29, 0.717) is 28.5 Å². The van der Waals surface area contributed by atoms with E-state index in [2.05, 4.69) is 25.1 Å². The van der Waals surface area contributed by atoms with Crippen LogP contribution in [-0.2, 0) is 0 Å². The molecule has 28 heavy (non-hydrogen) atoms. The van der Waals surface area contributed by atoms with Crippen molar-refractivity contribution in [3.63, 3.8) is 0 Å². The Balaban J connectivity index is 1.64. The zero-order valence-electron chi connectivity index (χ0n) is 14.7. The Morgan fingerprint density at radius 2 is 2.04 bits per heavy atom. The molecule has 1 aromatic carbocycles. The van der Waals surface area contributed by atoms with Gasteiger partial charge in [-0.05, 0) is 29.8 Å². The second kappa shape index (κ2) is 5.95. The first-order valence-corrected chi connectivity index (χ1v) is 8.51. The van der Waals surface area contributed by atoms with Gasteiger partial charge in [0.25, 0.3) is 5.56 Å². The van der Waals surface area contributed by atoms with Crippen molar-refractivity contribution in [2.45, 2.75) is 6.92 Å². The average Bonchev–Trinajstić information content (AvgIpc) is 3.32. The lowest BCUT2D eigenvalue weighted by Gasteiger charge is -2.03. The molecule has 0 bridgehead atoms. The van der Waals surface area contributed by atoms with Crippen molar-refractivity contribution in [1.29, 1.82) is 0 Å². The molecule has 0 aliphatic carbocycles. The molecule has 5 rings (SSSR count). The van der Waals surface area contributed by atoms with Gasteiger partial charge in [-0.1, -0.05) is 12.1 Å². The Bertz CT molecular complexity index is 1410. The van der Waals surface area contributed by atoms with E-state index in [9.17, 15) is 9.59 Å². The second-order valence-electron chi connectivity index (χ2n) is 6.26. The van der Waals surface area contributed by atoms with E-state index in [1.165, 1.54) is 22.2 Å². The van der Waals surface area contributed by atoms with E-state index in [4.69, 9.17) is 0 Å². The molecule has 0 saturated carbocycles. The van der Waals surface area contributed by atoms with Crippen LogP contribution in [0.5, 0.6) is 0 Å². The zero-order valence-corrected chi connectivity index (χ0v) is 14.7. The van der Waals surface area contributed by atoms with E-state index in [0.717, 1.165) is 10.9 Å². The van der Waals surface area contributed by atoms with Crippen LogP contribution in [0.25, 0.3) is 39.5 Å². The summed E-state index contributed by atoms with van der Waals surface area (Å²) >= 11 is 0. The molecule has 9 heteroatoms. The van der Waals surface area contributed by atoms with Crippen LogP contribution in [-0.4, -0.2) is 40.3 Å². The zero-order chi connectivity index (χ0) is 19.3. The van der Waals surface area contributed by atoms with Gasteiger partial charge in [0, 0.05) is 24.6 Å². The Kier molecular flexibility index (Phi) is 3.41. The number of aromatic nitrogens is 7. The fraction of sp³-hybridized carbons (Fsp3) is 0.0526. The third-order valence-electron chi connectivity index (χ3n) is 4.40. The lowest BCUT2D eigenvalue weighted by molar-refractivity contribution is 0.0927. The molecule has 4 heterocycles. The van der Waals surface area contributed by atoms with Crippen molar-refractivity contribution in [3.05, 3.63) is 65.2 Å². The normalized spacial score (nSPS) is 11.3. The van der Waals surface area contributed by atoms with E-state index in [1.807, 2.05) is 18.2 Å². The number of rotatable bonds is 2. The number of nitrogens with zero attached hydrogens (tertiary/aromatic N) is 6. The first-order chi connectivity index (χ1) is 13.6. The van der Waals surface area contributed by atoms with Crippen molar-refractivity contribution in [2.24, 2.45) is 0 Å². The number of hydrogen-bond donors (Lipinski definition) is 1. The van der Waals surface area contributed by atoms with E-state index < -0.39 is 0 Å². The largest absolute Gasteiger partial charge is 0.323 e. The number of nitrogens with one attached hydrogen (secondary N) is 1. The van der Waals surface area contributed by atoms with Crippen LogP contribution in [0.1, 0.15) is 11.7 Å². The third-order valence-corrected chi connectivity index (χ3v) is 4.40. The summed E-state index contributed by atoms with van der Waals surface area (Å²) in [5, 5.41) is 9.13. The minimum atomic E-state index is -0.307. The maximum Gasteiger partial charge on any atom is 0.276 e. The van der Waals surface area contributed by atoms with Gasteiger partial charge in [0.1, 0.15) is 5.69 Å². The summed E-state index contributed by atoms with van der Waals surface area (Å²) in [5.41, 5.74) is 2.35. The number of carbonyl (C=O) groups excluding carboxylic acids is 1. The summed E-state index contributed by atoms with van der Waals surface area (Å²) in [6, 6.07) is 12.3. The summed E-state index contributed by atoms with van der Waals surface area (Å²) in [5.74, 6) is 0.523. The Morgan fingerprint density at radius 3 is 2.82 bits per heavy atom. The van der Waals surface area contributed by atoms with Gasteiger partial charge >= 0.3 is 0 Å². The summed E-state index contributed by atoms with van der Waals surface area (Å²) in [7, 11) is 0. The molecule has 9 nitrogen and oxygen atoms in total. The quantitative estimate of drug-likeness (QED) is 0.509. The smallest absolute Gasteiger partial charge is 0.276 e. The van der Waals surface area contributed by atoms with Gasteiger partial charge in [0.2, 0.25) is 17.5 Å². The molecule has 0 aliphatic heterocycles. The highest BCUT2D eigenvalue weighted by atomic mass is 16.2. The molecule has 0 spiro atoms. The van der Waals surface area contributed by atoms with Gasteiger partial charge < -0.3 is 4.98 Å². The molecule has 0 aliphatic rings. The number of benzene rings is 1. The van der Waals surface area contributed by atoms with Crippen LogP contribution in [0, 0.1) is 0 Å². The maximum absolute atomic E-state index is 12.5. The average molecular weight is 371 g/mol. The number of aromatic amines is 1. The first-order valence-electron chi connectivity index (χ1n) is 8.51. The molecule has 5 aromatic rings. The molecule has 0 fully saturated rings. The molecule has 0 unspecified atom stereocenters.